The predicted octanol–water partition coefficient (Wildman–Crippen LogP) is 5.50. The van der Waals surface area contributed by atoms with Crippen LogP contribution < -0.4 is 10.6 Å². The third kappa shape index (κ3) is 5.43. The lowest BCUT2D eigenvalue weighted by molar-refractivity contribution is -0.135. The van der Waals surface area contributed by atoms with Crippen LogP contribution in [0.1, 0.15) is 68.7 Å². The van der Waals surface area contributed by atoms with Gasteiger partial charge in [-0.1, -0.05) is 48.5 Å². The highest BCUT2D eigenvalue weighted by atomic mass is 16.5. The number of imidazole rings is 2. The highest BCUT2D eigenvalue weighted by Gasteiger charge is 2.43. The topological polar surface area (TPSA) is 128 Å². The van der Waals surface area contributed by atoms with E-state index in [2.05, 4.69) is 74.1 Å². The molecular formula is C33H37N7O3. The van der Waals surface area contributed by atoms with Crippen LogP contribution in [-0.4, -0.2) is 62.6 Å². The van der Waals surface area contributed by atoms with Gasteiger partial charge in [-0.15, -0.1) is 0 Å². The SMILES string of the molecule is COC(=O)N[C@H]1CCC[C@@H]2CC[C@@H](c3ncc(-c4ccc(-c5ccc(-c6cnc([C@@H]7CCCN7)[nH]6)cc5)cc4)[nH]3)N2C1=O. The van der Waals surface area contributed by atoms with E-state index in [1.54, 1.807) is 0 Å². The number of aromatic amines is 2. The van der Waals surface area contributed by atoms with Gasteiger partial charge in [0.15, 0.2) is 0 Å². The van der Waals surface area contributed by atoms with E-state index in [1.165, 1.54) is 13.5 Å². The van der Waals surface area contributed by atoms with Gasteiger partial charge in [0, 0.05) is 6.04 Å². The van der Waals surface area contributed by atoms with Crippen molar-refractivity contribution in [2.75, 3.05) is 13.7 Å². The molecule has 10 nitrogen and oxygen atoms in total. The molecule has 3 aliphatic heterocycles. The minimum absolute atomic E-state index is 0.0532. The molecule has 4 atom stereocenters. The molecule has 0 aliphatic carbocycles. The number of benzene rings is 2. The van der Waals surface area contributed by atoms with Crippen LogP contribution in [0.3, 0.4) is 0 Å². The van der Waals surface area contributed by atoms with Gasteiger partial charge in [-0.2, -0.15) is 0 Å². The van der Waals surface area contributed by atoms with Gasteiger partial charge in [0.2, 0.25) is 5.91 Å². The Hall–Kier alpha value is -4.44. The molecule has 7 rings (SSSR count). The fourth-order valence-corrected chi connectivity index (χ4v) is 6.88. The number of ether oxygens (including phenoxy) is 1. The summed E-state index contributed by atoms with van der Waals surface area (Å²) >= 11 is 0. The molecule has 3 fully saturated rings. The van der Waals surface area contributed by atoms with Gasteiger partial charge in [0.1, 0.15) is 17.7 Å². The summed E-state index contributed by atoms with van der Waals surface area (Å²) in [6.45, 7) is 1.05. The number of nitrogens with zero attached hydrogens (tertiary/aromatic N) is 3. The van der Waals surface area contributed by atoms with E-state index < -0.39 is 12.1 Å². The summed E-state index contributed by atoms with van der Waals surface area (Å²) in [5.74, 6) is 1.75. The highest BCUT2D eigenvalue weighted by molar-refractivity contribution is 5.86. The van der Waals surface area contributed by atoms with Crippen LogP contribution in [-0.2, 0) is 9.53 Å². The monoisotopic (exact) mass is 579 g/mol. The van der Waals surface area contributed by atoms with E-state index in [-0.39, 0.29) is 18.0 Å². The Bertz CT molecular complexity index is 1590. The van der Waals surface area contributed by atoms with Crippen molar-refractivity contribution in [2.24, 2.45) is 0 Å². The van der Waals surface area contributed by atoms with E-state index in [0.29, 0.717) is 12.5 Å². The first-order valence-electron chi connectivity index (χ1n) is 15.3. The van der Waals surface area contributed by atoms with Crippen LogP contribution in [0.15, 0.2) is 60.9 Å². The normalized spacial score (nSPS) is 23.7. The molecule has 5 heterocycles. The van der Waals surface area contributed by atoms with Crippen molar-refractivity contribution in [2.45, 2.75) is 69.1 Å². The molecule has 3 saturated heterocycles. The maximum absolute atomic E-state index is 13.5. The first kappa shape index (κ1) is 27.4. The number of fused-ring (bicyclic) bond motifs is 1. The number of amides is 2. The molecule has 4 aromatic rings. The molecule has 4 N–H and O–H groups in total. The van der Waals surface area contributed by atoms with E-state index in [4.69, 9.17) is 9.72 Å². The maximum Gasteiger partial charge on any atom is 0.407 e. The number of aromatic nitrogens is 4. The lowest BCUT2D eigenvalue weighted by Crippen LogP contribution is -2.49. The summed E-state index contributed by atoms with van der Waals surface area (Å²) in [5.41, 5.74) is 6.38. The second-order valence-corrected chi connectivity index (χ2v) is 11.8. The second kappa shape index (κ2) is 11.7. The van der Waals surface area contributed by atoms with Gasteiger partial charge < -0.3 is 30.2 Å². The zero-order valence-electron chi connectivity index (χ0n) is 24.3. The van der Waals surface area contributed by atoms with Crippen LogP contribution in [0.2, 0.25) is 0 Å². The van der Waals surface area contributed by atoms with Gasteiger partial charge in [-0.3, -0.25) is 4.79 Å². The van der Waals surface area contributed by atoms with Crippen LogP contribution in [0, 0.1) is 0 Å². The minimum atomic E-state index is -0.573. The number of alkyl carbamates (subject to hydrolysis) is 1. The zero-order valence-corrected chi connectivity index (χ0v) is 24.3. The predicted molar refractivity (Wildman–Crippen MR) is 163 cm³/mol. The molecule has 0 radical (unpaired) electrons. The Kier molecular flexibility index (Phi) is 7.44. The molecule has 222 valence electrons. The average Bonchev–Trinajstić information content (AvgIpc) is 3.86. The van der Waals surface area contributed by atoms with Crippen molar-refractivity contribution >= 4 is 12.0 Å². The fourth-order valence-electron chi connectivity index (χ4n) is 6.88. The first-order valence-corrected chi connectivity index (χ1v) is 15.3. The van der Waals surface area contributed by atoms with Crippen molar-refractivity contribution in [3.8, 4) is 33.6 Å². The fraction of sp³-hybridized carbons (Fsp3) is 0.394. The number of hydrogen-bond donors (Lipinski definition) is 4. The van der Waals surface area contributed by atoms with E-state index in [0.717, 1.165) is 83.9 Å². The van der Waals surface area contributed by atoms with E-state index >= 15 is 0 Å². The van der Waals surface area contributed by atoms with Crippen LogP contribution in [0.5, 0.6) is 0 Å². The third-order valence-corrected chi connectivity index (χ3v) is 9.18. The quantitative estimate of drug-likeness (QED) is 0.239. The van der Waals surface area contributed by atoms with Gasteiger partial charge in [-0.05, 0) is 73.7 Å². The van der Waals surface area contributed by atoms with Crippen molar-refractivity contribution in [1.82, 2.24) is 35.5 Å². The molecule has 0 unspecified atom stereocenters. The van der Waals surface area contributed by atoms with Crippen molar-refractivity contribution in [3.05, 3.63) is 72.6 Å². The number of carbonyl (C=O) groups is 2. The van der Waals surface area contributed by atoms with E-state index in [9.17, 15) is 9.59 Å². The summed E-state index contributed by atoms with van der Waals surface area (Å²) in [6, 6.07) is 16.8. The average molecular weight is 580 g/mol. The van der Waals surface area contributed by atoms with Crippen molar-refractivity contribution in [3.63, 3.8) is 0 Å². The Morgan fingerprint density at radius 1 is 0.814 bits per heavy atom. The van der Waals surface area contributed by atoms with Crippen LogP contribution >= 0.6 is 0 Å². The summed E-state index contributed by atoms with van der Waals surface area (Å²) in [7, 11) is 1.32. The van der Waals surface area contributed by atoms with Crippen molar-refractivity contribution in [1.29, 1.82) is 0 Å². The molecule has 2 aromatic heterocycles. The standard InChI is InChI=1S/C33H37N7O3/c1-43-33(42)39-26-5-2-4-24-15-16-29(40(24)32(26)41)31-36-19-28(38-31)23-13-9-21(10-14-23)20-7-11-22(12-8-20)27-18-35-30(37-27)25-6-3-17-34-25/h7-14,18-19,24-26,29,34H,2-6,15-17H2,1H3,(H,35,37)(H,36,38)(H,39,42)/t24-,25+,26+,29+/m1/s1. The van der Waals surface area contributed by atoms with Crippen molar-refractivity contribution < 1.29 is 14.3 Å². The van der Waals surface area contributed by atoms with Gasteiger partial charge in [0.05, 0.1) is 43.0 Å². The van der Waals surface area contributed by atoms with Crippen LogP contribution in [0.25, 0.3) is 33.6 Å². The summed E-state index contributed by atoms with van der Waals surface area (Å²) in [4.78, 5) is 43.5. The second-order valence-electron chi connectivity index (χ2n) is 11.8. The molecular weight excluding hydrogens is 542 g/mol. The summed E-state index contributed by atoms with van der Waals surface area (Å²) in [6.07, 6.45) is 9.72. The van der Waals surface area contributed by atoms with Gasteiger partial charge in [-0.25, -0.2) is 14.8 Å². The van der Waals surface area contributed by atoms with Crippen LogP contribution in [0.4, 0.5) is 4.79 Å². The summed E-state index contributed by atoms with van der Waals surface area (Å²) in [5, 5.41) is 6.22. The number of hydrogen-bond acceptors (Lipinski definition) is 6. The number of rotatable bonds is 6. The lowest BCUT2D eigenvalue weighted by Gasteiger charge is -2.30. The minimum Gasteiger partial charge on any atom is -0.453 e. The molecule has 2 aromatic carbocycles. The van der Waals surface area contributed by atoms with Gasteiger partial charge in [0.25, 0.3) is 0 Å². The molecule has 10 heteroatoms. The Morgan fingerprint density at radius 3 is 2.07 bits per heavy atom. The molecule has 0 spiro atoms. The maximum atomic E-state index is 13.5. The smallest absolute Gasteiger partial charge is 0.407 e. The highest BCUT2D eigenvalue weighted by Crippen LogP contribution is 2.40. The first-order chi connectivity index (χ1) is 21.1. The Labute approximate surface area is 250 Å². The molecule has 3 aliphatic rings. The lowest BCUT2D eigenvalue weighted by atomic mass is 10.0. The molecule has 43 heavy (non-hydrogen) atoms. The number of carbonyl (C=O) groups excluding carboxylic acids is 2. The largest absolute Gasteiger partial charge is 0.453 e. The number of nitrogens with one attached hydrogen (secondary N) is 4. The Morgan fingerprint density at radius 2 is 1.44 bits per heavy atom. The Balaban J connectivity index is 1.04. The number of H-pyrrole nitrogens is 2. The van der Waals surface area contributed by atoms with Gasteiger partial charge >= 0.3 is 6.09 Å². The third-order valence-electron chi connectivity index (χ3n) is 9.18. The molecule has 0 bridgehead atoms. The molecule has 2 amide bonds. The van der Waals surface area contributed by atoms with E-state index in [1.807, 2.05) is 17.3 Å². The zero-order chi connectivity index (χ0) is 29.3. The summed E-state index contributed by atoms with van der Waals surface area (Å²) < 4.78 is 4.75. The number of methoxy groups -OCH3 is 1. The molecule has 0 saturated carbocycles.